The van der Waals surface area contributed by atoms with E-state index in [0.717, 1.165) is 5.56 Å². The number of benzene rings is 2. The summed E-state index contributed by atoms with van der Waals surface area (Å²) in [7, 11) is 0. The molecule has 6 heteroatoms. The Bertz CT molecular complexity index is 709. The quantitative estimate of drug-likeness (QED) is 0.510. The molecule has 0 bridgehead atoms. The molecule has 3 rings (SSSR count). The standard InChI is InChI=1S/C12H6N2O4/c15-13(16)10-6-5-9-7-3-1-2-4-8(7)11(9)12(10)14(17)18/h1-6H. The van der Waals surface area contributed by atoms with Gasteiger partial charge in [-0.1, -0.05) is 24.3 Å². The van der Waals surface area contributed by atoms with Crippen molar-refractivity contribution in [3.05, 3.63) is 56.6 Å². The highest BCUT2D eigenvalue weighted by molar-refractivity contribution is 6.07. The summed E-state index contributed by atoms with van der Waals surface area (Å²) in [6.07, 6.45) is 0. The van der Waals surface area contributed by atoms with Gasteiger partial charge in [-0.15, -0.1) is 0 Å². The van der Waals surface area contributed by atoms with Gasteiger partial charge in [-0.05, 0) is 22.8 Å². The molecule has 0 aliphatic heterocycles. The zero-order valence-electron chi connectivity index (χ0n) is 8.99. The molecule has 0 fully saturated rings. The van der Waals surface area contributed by atoms with Crippen LogP contribution in [0.25, 0.3) is 22.3 Å². The molecular formula is C12H6N2O4. The normalized spacial score (nSPS) is 11.1. The maximum atomic E-state index is 11.0. The molecule has 6 nitrogen and oxygen atoms in total. The molecule has 0 heterocycles. The maximum absolute atomic E-state index is 11.0. The van der Waals surface area contributed by atoms with E-state index in [9.17, 15) is 20.2 Å². The van der Waals surface area contributed by atoms with Gasteiger partial charge >= 0.3 is 11.4 Å². The monoisotopic (exact) mass is 242 g/mol. The lowest BCUT2D eigenvalue weighted by atomic mass is 9.79. The van der Waals surface area contributed by atoms with Crippen molar-refractivity contribution in [3.8, 4) is 22.3 Å². The third kappa shape index (κ3) is 1.17. The van der Waals surface area contributed by atoms with Crippen LogP contribution in [0.5, 0.6) is 0 Å². The Kier molecular flexibility index (Phi) is 1.94. The summed E-state index contributed by atoms with van der Waals surface area (Å²) in [4.78, 5) is 20.5. The van der Waals surface area contributed by atoms with Crippen LogP contribution >= 0.6 is 0 Å². The van der Waals surface area contributed by atoms with E-state index in [2.05, 4.69) is 0 Å². The smallest absolute Gasteiger partial charge is 0.258 e. The highest BCUT2D eigenvalue weighted by Crippen LogP contribution is 2.53. The molecule has 0 saturated carbocycles. The summed E-state index contributed by atoms with van der Waals surface area (Å²) in [5, 5.41) is 21.9. The molecule has 0 radical (unpaired) electrons. The number of nitrogens with zero attached hydrogens (tertiary/aromatic N) is 2. The second-order valence-electron chi connectivity index (χ2n) is 3.92. The first-order chi connectivity index (χ1) is 8.61. The molecule has 18 heavy (non-hydrogen) atoms. The largest absolute Gasteiger partial charge is 0.354 e. The Morgan fingerprint density at radius 1 is 0.778 bits per heavy atom. The van der Waals surface area contributed by atoms with E-state index in [1.807, 2.05) is 12.1 Å². The predicted molar refractivity (Wildman–Crippen MR) is 64.2 cm³/mol. The van der Waals surface area contributed by atoms with Crippen LogP contribution in [-0.4, -0.2) is 9.85 Å². The molecule has 88 valence electrons. The fourth-order valence-corrected chi connectivity index (χ4v) is 2.28. The van der Waals surface area contributed by atoms with Crippen molar-refractivity contribution < 1.29 is 9.85 Å². The Balaban J connectivity index is 2.33. The summed E-state index contributed by atoms with van der Waals surface area (Å²) in [5.74, 6) is 0. The van der Waals surface area contributed by atoms with Crippen molar-refractivity contribution in [1.29, 1.82) is 0 Å². The average molecular weight is 242 g/mol. The molecule has 0 spiro atoms. The lowest BCUT2D eigenvalue weighted by molar-refractivity contribution is -0.422. The van der Waals surface area contributed by atoms with Crippen LogP contribution in [0.2, 0.25) is 0 Å². The molecule has 2 aromatic rings. The van der Waals surface area contributed by atoms with Gasteiger partial charge < -0.3 is 0 Å². The summed E-state index contributed by atoms with van der Waals surface area (Å²) in [6, 6.07) is 9.90. The summed E-state index contributed by atoms with van der Waals surface area (Å²) < 4.78 is 0. The van der Waals surface area contributed by atoms with E-state index in [1.54, 1.807) is 18.2 Å². The van der Waals surface area contributed by atoms with Gasteiger partial charge in [0.25, 0.3) is 0 Å². The molecule has 0 amide bonds. The minimum absolute atomic E-state index is 0.366. The number of hydrogen-bond acceptors (Lipinski definition) is 4. The van der Waals surface area contributed by atoms with E-state index in [0.29, 0.717) is 16.7 Å². The van der Waals surface area contributed by atoms with Gasteiger partial charge in [0.2, 0.25) is 0 Å². The Morgan fingerprint density at radius 2 is 1.44 bits per heavy atom. The van der Waals surface area contributed by atoms with Crippen LogP contribution in [0, 0.1) is 20.2 Å². The zero-order chi connectivity index (χ0) is 12.9. The van der Waals surface area contributed by atoms with Crippen molar-refractivity contribution in [2.45, 2.75) is 0 Å². The highest BCUT2D eigenvalue weighted by atomic mass is 16.6. The van der Waals surface area contributed by atoms with Crippen LogP contribution in [-0.2, 0) is 0 Å². The predicted octanol–water partition coefficient (Wildman–Crippen LogP) is 3.15. The van der Waals surface area contributed by atoms with E-state index in [-0.39, 0.29) is 0 Å². The number of nitro benzene ring substituents is 2. The molecule has 0 atom stereocenters. The first-order valence-electron chi connectivity index (χ1n) is 5.17. The van der Waals surface area contributed by atoms with Gasteiger partial charge in [-0.25, -0.2) is 0 Å². The van der Waals surface area contributed by atoms with Crippen LogP contribution < -0.4 is 0 Å². The Morgan fingerprint density at radius 3 is 2.06 bits per heavy atom. The summed E-state index contributed by atoms with van der Waals surface area (Å²) >= 11 is 0. The lowest BCUT2D eigenvalue weighted by Crippen LogP contribution is -2.06. The van der Waals surface area contributed by atoms with Gasteiger partial charge in [0, 0.05) is 6.07 Å². The van der Waals surface area contributed by atoms with Crippen LogP contribution in [0.4, 0.5) is 11.4 Å². The molecule has 1 aliphatic carbocycles. The van der Waals surface area contributed by atoms with Crippen molar-refractivity contribution in [2.75, 3.05) is 0 Å². The van der Waals surface area contributed by atoms with Gasteiger partial charge in [-0.2, -0.15) is 0 Å². The van der Waals surface area contributed by atoms with Gasteiger partial charge in [0.1, 0.15) is 0 Å². The van der Waals surface area contributed by atoms with Crippen molar-refractivity contribution in [3.63, 3.8) is 0 Å². The third-order valence-corrected chi connectivity index (χ3v) is 3.02. The molecular weight excluding hydrogens is 236 g/mol. The first kappa shape index (κ1) is 10.4. The summed E-state index contributed by atoms with van der Waals surface area (Å²) in [5.41, 5.74) is 1.77. The topological polar surface area (TPSA) is 86.3 Å². The number of hydrogen-bond donors (Lipinski definition) is 0. The minimum atomic E-state index is -0.723. The number of nitro groups is 2. The molecule has 0 aromatic heterocycles. The fraction of sp³-hybridized carbons (Fsp3) is 0. The zero-order valence-corrected chi connectivity index (χ0v) is 8.99. The highest BCUT2D eigenvalue weighted by Gasteiger charge is 2.37. The maximum Gasteiger partial charge on any atom is 0.354 e. The van der Waals surface area contributed by atoms with Crippen molar-refractivity contribution in [2.24, 2.45) is 0 Å². The van der Waals surface area contributed by atoms with Crippen LogP contribution in [0.3, 0.4) is 0 Å². The Hall–Kier alpha value is -2.76. The molecule has 0 saturated heterocycles. The van der Waals surface area contributed by atoms with Crippen LogP contribution in [0.1, 0.15) is 0 Å². The Labute approximate surface area is 101 Å². The van der Waals surface area contributed by atoms with Gasteiger partial charge in [-0.3, -0.25) is 20.2 Å². The minimum Gasteiger partial charge on any atom is -0.258 e. The van der Waals surface area contributed by atoms with E-state index >= 15 is 0 Å². The van der Waals surface area contributed by atoms with E-state index < -0.39 is 21.2 Å². The first-order valence-corrected chi connectivity index (χ1v) is 5.17. The lowest BCUT2D eigenvalue weighted by Gasteiger charge is -2.22. The molecule has 1 aliphatic rings. The molecule has 2 aromatic carbocycles. The second-order valence-corrected chi connectivity index (χ2v) is 3.92. The fourth-order valence-electron chi connectivity index (χ4n) is 2.28. The van der Waals surface area contributed by atoms with Crippen molar-refractivity contribution >= 4 is 11.4 Å². The summed E-state index contributed by atoms with van der Waals surface area (Å²) in [6.45, 7) is 0. The van der Waals surface area contributed by atoms with Crippen molar-refractivity contribution in [1.82, 2.24) is 0 Å². The van der Waals surface area contributed by atoms with Crippen LogP contribution in [0.15, 0.2) is 36.4 Å². The van der Waals surface area contributed by atoms with Gasteiger partial charge in [0.05, 0.1) is 15.4 Å². The number of rotatable bonds is 2. The average Bonchev–Trinajstić information content (AvgIpc) is 2.33. The second kappa shape index (κ2) is 3.36. The number of fused-ring (bicyclic) bond motifs is 4. The third-order valence-electron chi connectivity index (χ3n) is 3.02. The van der Waals surface area contributed by atoms with E-state index in [4.69, 9.17) is 0 Å². The van der Waals surface area contributed by atoms with E-state index in [1.165, 1.54) is 6.07 Å². The van der Waals surface area contributed by atoms with Gasteiger partial charge in [0.15, 0.2) is 0 Å². The molecule has 0 N–H and O–H groups in total. The SMILES string of the molecule is O=[N+]([O-])c1ccc2c(c1[N+](=O)[O-])-c1ccccc1-2. The molecule has 0 unspecified atom stereocenters.